The Labute approximate surface area is 168 Å². The van der Waals surface area contributed by atoms with Gasteiger partial charge in [0.15, 0.2) is 0 Å². The molecule has 0 radical (unpaired) electrons. The van der Waals surface area contributed by atoms with Crippen LogP contribution in [0.3, 0.4) is 0 Å². The largest absolute Gasteiger partial charge is 0.457 e. The van der Waals surface area contributed by atoms with Crippen LogP contribution in [0.5, 0.6) is 0 Å². The Bertz CT molecular complexity index is 1070. The number of hydrogen-bond donors (Lipinski definition) is 1. The molecule has 3 rings (SSSR count). The SMILES string of the molecule is N#CC(=Cc1ccc(-c2ccc(Cl)cc2)o1)C(=O)Nc1ccc(Br)cc1F. The van der Waals surface area contributed by atoms with Crippen LogP contribution < -0.4 is 5.32 Å². The van der Waals surface area contributed by atoms with Gasteiger partial charge in [0.25, 0.3) is 5.91 Å². The topological polar surface area (TPSA) is 66.0 Å². The number of benzene rings is 2. The van der Waals surface area contributed by atoms with Crippen molar-refractivity contribution in [3.05, 3.63) is 81.2 Å². The molecule has 27 heavy (non-hydrogen) atoms. The van der Waals surface area contributed by atoms with Gasteiger partial charge >= 0.3 is 0 Å². The maximum atomic E-state index is 13.8. The summed E-state index contributed by atoms with van der Waals surface area (Å²) in [5.74, 6) is -0.460. The van der Waals surface area contributed by atoms with Gasteiger partial charge in [-0.2, -0.15) is 5.26 Å². The van der Waals surface area contributed by atoms with Crippen molar-refractivity contribution < 1.29 is 13.6 Å². The quantitative estimate of drug-likeness (QED) is 0.393. The lowest BCUT2D eigenvalue weighted by Gasteiger charge is -2.05. The van der Waals surface area contributed by atoms with Crippen LogP contribution in [-0.4, -0.2) is 5.91 Å². The minimum absolute atomic E-state index is 0.0225. The van der Waals surface area contributed by atoms with E-state index < -0.39 is 11.7 Å². The predicted molar refractivity (Wildman–Crippen MR) is 105 cm³/mol. The van der Waals surface area contributed by atoms with Crippen LogP contribution >= 0.6 is 27.5 Å². The average Bonchev–Trinajstić information content (AvgIpc) is 3.11. The van der Waals surface area contributed by atoms with Gasteiger partial charge in [-0.15, -0.1) is 0 Å². The zero-order chi connectivity index (χ0) is 19.4. The monoisotopic (exact) mass is 444 g/mol. The minimum atomic E-state index is -0.733. The van der Waals surface area contributed by atoms with Crippen molar-refractivity contribution in [2.75, 3.05) is 5.32 Å². The van der Waals surface area contributed by atoms with E-state index in [2.05, 4.69) is 21.2 Å². The summed E-state index contributed by atoms with van der Waals surface area (Å²) in [6.45, 7) is 0. The van der Waals surface area contributed by atoms with E-state index in [0.717, 1.165) is 5.56 Å². The van der Waals surface area contributed by atoms with Gasteiger partial charge in [0.2, 0.25) is 0 Å². The standard InChI is InChI=1S/C20H11BrClFN2O2/c21-14-3-7-18(17(23)10-14)25-20(26)13(11-24)9-16-6-8-19(27-16)12-1-4-15(22)5-2-12/h1-10H,(H,25,26). The number of nitrogens with one attached hydrogen (secondary N) is 1. The molecule has 0 unspecified atom stereocenters. The summed E-state index contributed by atoms with van der Waals surface area (Å²) in [6, 6.07) is 16.4. The Morgan fingerprint density at radius 2 is 1.93 bits per heavy atom. The molecule has 0 aliphatic heterocycles. The third kappa shape index (κ3) is 4.64. The fraction of sp³-hybridized carbons (Fsp3) is 0. The van der Waals surface area contributed by atoms with Gasteiger partial charge in [0.1, 0.15) is 29.0 Å². The molecule has 1 N–H and O–H groups in total. The number of amides is 1. The van der Waals surface area contributed by atoms with Gasteiger partial charge in [0, 0.05) is 21.1 Å². The fourth-order valence-electron chi connectivity index (χ4n) is 2.27. The minimum Gasteiger partial charge on any atom is -0.457 e. The summed E-state index contributed by atoms with van der Waals surface area (Å²) in [7, 11) is 0. The second kappa shape index (κ2) is 8.21. The van der Waals surface area contributed by atoms with Crippen molar-refractivity contribution in [3.8, 4) is 17.4 Å². The maximum absolute atomic E-state index is 13.8. The number of halogens is 3. The van der Waals surface area contributed by atoms with Crippen LogP contribution in [-0.2, 0) is 4.79 Å². The Morgan fingerprint density at radius 1 is 1.19 bits per heavy atom. The molecule has 2 aromatic carbocycles. The third-order valence-corrected chi connectivity index (χ3v) is 4.33. The first-order chi connectivity index (χ1) is 13.0. The number of nitrogens with zero attached hydrogens (tertiary/aromatic N) is 1. The molecule has 0 atom stereocenters. The zero-order valence-corrected chi connectivity index (χ0v) is 16.0. The van der Waals surface area contributed by atoms with Gasteiger partial charge in [-0.05, 0) is 54.6 Å². The Balaban J connectivity index is 1.81. The Hall–Kier alpha value is -2.88. The smallest absolute Gasteiger partial charge is 0.266 e. The molecule has 1 aromatic heterocycles. The zero-order valence-electron chi connectivity index (χ0n) is 13.7. The van der Waals surface area contributed by atoms with Gasteiger partial charge in [-0.25, -0.2) is 4.39 Å². The normalized spacial score (nSPS) is 11.1. The molecular formula is C20H11BrClFN2O2. The van der Waals surface area contributed by atoms with Gasteiger partial charge in [0.05, 0.1) is 5.69 Å². The van der Waals surface area contributed by atoms with E-state index in [9.17, 15) is 14.4 Å². The van der Waals surface area contributed by atoms with Crippen molar-refractivity contribution >= 4 is 45.2 Å². The highest BCUT2D eigenvalue weighted by atomic mass is 79.9. The molecule has 4 nitrogen and oxygen atoms in total. The van der Waals surface area contributed by atoms with E-state index in [4.69, 9.17) is 16.0 Å². The lowest BCUT2D eigenvalue weighted by atomic mass is 10.2. The average molecular weight is 446 g/mol. The molecule has 0 spiro atoms. The van der Waals surface area contributed by atoms with Crippen molar-refractivity contribution in [1.29, 1.82) is 5.26 Å². The van der Waals surface area contributed by atoms with Crippen LogP contribution in [0.25, 0.3) is 17.4 Å². The van der Waals surface area contributed by atoms with Gasteiger partial charge in [-0.1, -0.05) is 27.5 Å². The fourth-order valence-corrected chi connectivity index (χ4v) is 2.73. The van der Waals surface area contributed by atoms with Crippen LogP contribution in [0.2, 0.25) is 5.02 Å². The second-order valence-electron chi connectivity index (χ2n) is 5.46. The first-order valence-electron chi connectivity index (χ1n) is 7.70. The van der Waals surface area contributed by atoms with E-state index in [-0.39, 0.29) is 11.3 Å². The van der Waals surface area contributed by atoms with Gasteiger partial charge in [-0.3, -0.25) is 4.79 Å². The molecule has 0 saturated carbocycles. The Morgan fingerprint density at radius 3 is 2.59 bits per heavy atom. The maximum Gasteiger partial charge on any atom is 0.266 e. The van der Waals surface area contributed by atoms with Crippen molar-refractivity contribution in [1.82, 2.24) is 0 Å². The summed E-state index contributed by atoms with van der Waals surface area (Å²) in [6.07, 6.45) is 1.30. The first-order valence-corrected chi connectivity index (χ1v) is 8.87. The molecule has 0 aliphatic carbocycles. The lowest BCUT2D eigenvalue weighted by Crippen LogP contribution is -2.14. The number of carbonyl (C=O) groups is 1. The number of furan rings is 1. The van der Waals surface area contributed by atoms with E-state index in [1.54, 1.807) is 48.5 Å². The summed E-state index contributed by atoms with van der Waals surface area (Å²) in [5, 5.41) is 12.2. The second-order valence-corrected chi connectivity index (χ2v) is 6.81. The number of rotatable bonds is 4. The Kier molecular flexibility index (Phi) is 5.75. The van der Waals surface area contributed by atoms with Crippen LogP contribution in [0.1, 0.15) is 5.76 Å². The number of anilines is 1. The summed E-state index contributed by atoms with van der Waals surface area (Å²) in [4.78, 5) is 12.3. The van der Waals surface area contributed by atoms with Crippen molar-refractivity contribution in [3.63, 3.8) is 0 Å². The molecule has 1 heterocycles. The van der Waals surface area contributed by atoms with Gasteiger partial charge < -0.3 is 9.73 Å². The highest BCUT2D eigenvalue weighted by molar-refractivity contribution is 9.10. The number of nitriles is 1. The molecule has 134 valence electrons. The molecule has 1 amide bonds. The predicted octanol–water partition coefficient (Wildman–Crippen LogP) is 6.05. The molecule has 3 aromatic rings. The first kappa shape index (κ1) is 18.9. The van der Waals surface area contributed by atoms with Crippen LogP contribution in [0.4, 0.5) is 10.1 Å². The number of hydrogen-bond acceptors (Lipinski definition) is 3. The molecule has 7 heteroatoms. The van der Waals surface area contributed by atoms with E-state index in [0.29, 0.717) is 21.0 Å². The molecule has 0 saturated heterocycles. The highest BCUT2D eigenvalue weighted by Crippen LogP contribution is 2.25. The van der Waals surface area contributed by atoms with Crippen molar-refractivity contribution in [2.24, 2.45) is 0 Å². The van der Waals surface area contributed by atoms with Crippen LogP contribution in [0, 0.1) is 17.1 Å². The summed E-state index contributed by atoms with van der Waals surface area (Å²) >= 11 is 9.00. The summed E-state index contributed by atoms with van der Waals surface area (Å²) in [5.41, 5.74) is 0.568. The molecule has 0 aliphatic rings. The molecule has 0 bridgehead atoms. The van der Waals surface area contributed by atoms with Crippen LogP contribution in [0.15, 0.2) is 69.1 Å². The van der Waals surface area contributed by atoms with Crippen molar-refractivity contribution in [2.45, 2.75) is 0 Å². The molecule has 0 fully saturated rings. The summed E-state index contributed by atoms with van der Waals surface area (Å²) < 4.78 is 20.0. The van der Waals surface area contributed by atoms with E-state index in [1.165, 1.54) is 18.2 Å². The van der Waals surface area contributed by atoms with E-state index in [1.807, 2.05) is 0 Å². The van der Waals surface area contributed by atoms with E-state index >= 15 is 0 Å². The highest BCUT2D eigenvalue weighted by Gasteiger charge is 2.13. The molecular weight excluding hydrogens is 435 g/mol. The third-order valence-electron chi connectivity index (χ3n) is 3.59. The number of carbonyl (C=O) groups excluding carboxylic acids is 1. The lowest BCUT2D eigenvalue weighted by molar-refractivity contribution is -0.112.